The molecule has 0 aliphatic carbocycles. The summed E-state index contributed by atoms with van der Waals surface area (Å²) in [5.74, 6) is 1.56. The van der Waals surface area contributed by atoms with Crippen molar-refractivity contribution in [2.24, 2.45) is 0 Å². The van der Waals surface area contributed by atoms with Crippen molar-refractivity contribution in [3.63, 3.8) is 0 Å². The van der Waals surface area contributed by atoms with Gasteiger partial charge in [0.25, 0.3) is 5.89 Å². The lowest BCUT2D eigenvalue weighted by Gasteiger charge is -2.01. The molecule has 0 radical (unpaired) electrons. The van der Waals surface area contributed by atoms with Gasteiger partial charge in [-0.05, 0) is 19.1 Å². The lowest BCUT2D eigenvalue weighted by molar-refractivity contribution is 0.378. The average Bonchev–Trinajstić information content (AvgIpc) is 3.04. The van der Waals surface area contributed by atoms with E-state index in [-0.39, 0.29) is 0 Å². The van der Waals surface area contributed by atoms with E-state index in [4.69, 9.17) is 14.0 Å². The number of methoxy groups -OCH3 is 2. The van der Waals surface area contributed by atoms with Crippen LogP contribution in [0.1, 0.15) is 5.69 Å². The Labute approximate surface area is 126 Å². The number of aromatic nitrogens is 4. The fourth-order valence-electron chi connectivity index (χ4n) is 1.97. The molecule has 1 aromatic carbocycles. The maximum Gasteiger partial charge on any atom is 0.316 e. The zero-order valence-electron chi connectivity index (χ0n) is 12.4. The summed E-state index contributed by atoms with van der Waals surface area (Å²) in [5.41, 5.74) is 2.18. The number of hydrogen-bond donors (Lipinski definition) is 0. The highest BCUT2D eigenvalue weighted by Crippen LogP contribution is 2.26. The number of ether oxygens (including phenoxy) is 2. The summed E-state index contributed by atoms with van der Waals surface area (Å²) in [6.45, 7) is 1.83. The molecule has 2 aromatic heterocycles. The number of aryl methyl sites for hydroxylation is 1. The van der Waals surface area contributed by atoms with Gasteiger partial charge in [-0.25, -0.2) is 4.98 Å². The number of hydrogen-bond acceptors (Lipinski definition) is 7. The van der Waals surface area contributed by atoms with Gasteiger partial charge in [-0.1, -0.05) is 17.3 Å². The molecule has 0 spiro atoms. The van der Waals surface area contributed by atoms with Gasteiger partial charge >= 0.3 is 6.01 Å². The van der Waals surface area contributed by atoms with Crippen molar-refractivity contribution in [3.8, 4) is 34.6 Å². The minimum atomic E-state index is 0.300. The fourth-order valence-corrected chi connectivity index (χ4v) is 1.97. The third-order valence-corrected chi connectivity index (χ3v) is 3.12. The Morgan fingerprint density at radius 2 is 1.95 bits per heavy atom. The summed E-state index contributed by atoms with van der Waals surface area (Å²) in [5, 5.41) is 3.99. The molecule has 0 N–H and O–H groups in total. The Morgan fingerprint density at radius 3 is 2.68 bits per heavy atom. The van der Waals surface area contributed by atoms with Gasteiger partial charge in [-0.2, -0.15) is 9.97 Å². The molecule has 0 unspecified atom stereocenters. The maximum absolute atomic E-state index is 5.31. The van der Waals surface area contributed by atoms with E-state index in [1.807, 2.05) is 31.2 Å². The van der Waals surface area contributed by atoms with Crippen LogP contribution in [0.15, 0.2) is 35.0 Å². The highest BCUT2D eigenvalue weighted by atomic mass is 16.5. The van der Waals surface area contributed by atoms with Crippen molar-refractivity contribution < 1.29 is 14.0 Å². The van der Waals surface area contributed by atoms with Crippen LogP contribution in [0.5, 0.6) is 11.8 Å². The summed E-state index contributed by atoms with van der Waals surface area (Å²) in [4.78, 5) is 12.6. The first-order valence-corrected chi connectivity index (χ1v) is 6.57. The highest BCUT2D eigenvalue weighted by molar-refractivity contribution is 5.61. The number of nitrogens with zero attached hydrogens (tertiary/aromatic N) is 4. The van der Waals surface area contributed by atoms with Crippen LogP contribution in [0.4, 0.5) is 0 Å². The van der Waals surface area contributed by atoms with Crippen LogP contribution in [-0.2, 0) is 0 Å². The van der Waals surface area contributed by atoms with Crippen molar-refractivity contribution in [1.29, 1.82) is 0 Å². The third-order valence-electron chi connectivity index (χ3n) is 3.12. The first-order valence-electron chi connectivity index (χ1n) is 6.57. The van der Waals surface area contributed by atoms with E-state index in [0.29, 0.717) is 29.0 Å². The van der Waals surface area contributed by atoms with Crippen molar-refractivity contribution in [2.45, 2.75) is 6.92 Å². The third kappa shape index (κ3) is 2.60. The van der Waals surface area contributed by atoms with Crippen LogP contribution in [0.3, 0.4) is 0 Å². The van der Waals surface area contributed by atoms with Crippen LogP contribution < -0.4 is 9.47 Å². The molecule has 112 valence electrons. The Balaban J connectivity index is 1.96. The Bertz CT molecular complexity index is 801. The zero-order chi connectivity index (χ0) is 15.5. The molecular weight excluding hydrogens is 284 g/mol. The van der Waals surface area contributed by atoms with E-state index in [1.165, 1.54) is 7.11 Å². The molecule has 0 bridgehead atoms. The zero-order valence-corrected chi connectivity index (χ0v) is 12.4. The minimum Gasteiger partial charge on any atom is -0.497 e. The molecule has 7 nitrogen and oxygen atoms in total. The lowest BCUT2D eigenvalue weighted by Crippen LogP contribution is -1.96. The van der Waals surface area contributed by atoms with Gasteiger partial charge in [0, 0.05) is 11.8 Å². The van der Waals surface area contributed by atoms with E-state index >= 15 is 0 Å². The Kier molecular flexibility index (Phi) is 3.69. The van der Waals surface area contributed by atoms with Gasteiger partial charge < -0.3 is 14.0 Å². The second-order valence-electron chi connectivity index (χ2n) is 4.51. The largest absolute Gasteiger partial charge is 0.497 e. The van der Waals surface area contributed by atoms with Gasteiger partial charge in [-0.3, -0.25) is 0 Å². The first-order chi connectivity index (χ1) is 10.7. The second-order valence-corrected chi connectivity index (χ2v) is 4.51. The van der Waals surface area contributed by atoms with Crippen molar-refractivity contribution in [3.05, 3.63) is 36.2 Å². The molecule has 0 aliphatic heterocycles. The van der Waals surface area contributed by atoms with Gasteiger partial charge in [0.15, 0.2) is 0 Å². The lowest BCUT2D eigenvalue weighted by atomic mass is 10.2. The van der Waals surface area contributed by atoms with Crippen molar-refractivity contribution in [2.75, 3.05) is 14.2 Å². The van der Waals surface area contributed by atoms with E-state index < -0.39 is 0 Å². The van der Waals surface area contributed by atoms with Crippen molar-refractivity contribution in [1.82, 2.24) is 20.1 Å². The summed E-state index contributed by atoms with van der Waals surface area (Å²) in [6.07, 6.45) is 1.60. The predicted octanol–water partition coefficient (Wildman–Crippen LogP) is 2.52. The van der Waals surface area contributed by atoms with Crippen LogP contribution in [0, 0.1) is 6.92 Å². The van der Waals surface area contributed by atoms with Gasteiger partial charge in [0.2, 0.25) is 5.82 Å². The minimum absolute atomic E-state index is 0.300. The van der Waals surface area contributed by atoms with Gasteiger partial charge in [0.05, 0.1) is 25.5 Å². The Morgan fingerprint density at radius 1 is 1.09 bits per heavy atom. The van der Waals surface area contributed by atoms with Crippen LogP contribution in [-0.4, -0.2) is 34.3 Å². The summed E-state index contributed by atoms with van der Waals surface area (Å²) in [6, 6.07) is 7.74. The highest BCUT2D eigenvalue weighted by Gasteiger charge is 2.15. The van der Waals surface area contributed by atoms with E-state index in [9.17, 15) is 0 Å². The first kappa shape index (κ1) is 14.0. The topological polar surface area (TPSA) is 83.2 Å². The summed E-state index contributed by atoms with van der Waals surface area (Å²) >= 11 is 0. The molecule has 0 amide bonds. The SMILES string of the molecule is COc1cccc(-c2noc(-c3cnc(OC)nc3C)n2)c1. The van der Waals surface area contributed by atoms with Crippen LogP contribution in [0.25, 0.3) is 22.8 Å². The maximum atomic E-state index is 5.31. The monoisotopic (exact) mass is 298 g/mol. The van der Waals surface area contributed by atoms with Crippen molar-refractivity contribution >= 4 is 0 Å². The molecule has 3 rings (SSSR count). The normalized spacial score (nSPS) is 10.5. The molecule has 0 saturated heterocycles. The standard InChI is InChI=1S/C15H14N4O3/c1-9-12(8-16-15(17-9)21-3)14-18-13(19-22-14)10-5-4-6-11(7-10)20-2/h4-8H,1-3H3. The molecule has 2 heterocycles. The molecule has 0 aliphatic rings. The molecule has 7 heteroatoms. The van der Waals surface area contributed by atoms with E-state index in [0.717, 1.165) is 11.3 Å². The molecule has 3 aromatic rings. The van der Waals surface area contributed by atoms with Crippen LogP contribution >= 0.6 is 0 Å². The number of benzene rings is 1. The molecule has 0 atom stereocenters. The molecular formula is C15H14N4O3. The molecule has 22 heavy (non-hydrogen) atoms. The van der Waals surface area contributed by atoms with E-state index in [1.54, 1.807) is 13.3 Å². The van der Waals surface area contributed by atoms with E-state index in [2.05, 4.69) is 20.1 Å². The van der Waals surface area contributed by atoms with Gasteiger partial charge in [-0.15, -0.1) is 0 Å². The second kappa shape index (κ2) is 5.80. The quantitative estimate of drug-likeness (QED) is 0.731. The summed E-state index contributed by atoms with van der Waals surface area (Å²) < 4.78 is 15.5. The summed E-state index contributed by atoms with van der Waals surface area (Å²) in [7, 11) is 3.13. The number of rotatable bonds is 4. The average molecular weight is 298 g/mol. The smallest absolute Gasteiger partial charge is 0.316 e. The molecule has 0 fully saturated rings. The van der Waals surface area contributed by atoms with Crippen LogP contribution in [0.2, 0.25) is 0 Å². The Hall–Kier alpha value is -2.96. The predicted molar refractivity (Wildman–Crippen MR) is 78.6 cm³/mol. The fraction of sp³-hybridized carbons (Fsp3) is 0.200. The van der Waals surface area contributed by atoms with Gasteiger partial charge in [0.1, 0.15) is 5.75 Å². The molecule has 0 saturated carbocycles.